The molecule has 1 rings (SSSR count). The minimum atomic E-state index is -0.733. The molecule has 0 bridgehead atoms. The lowest BCUT2D eigenvalue weighted by molar-refractivity contribution is -0.122. The third kappa shape index (κ3) is 4.05. The molecule has 0 aliphatic carbocycles. The summed E-state index contributed by atoms with van der Waals surface area (Å²) in [6, 6.07) is 0. The molecule has 0 fully saturated rings. The molecule has 1 unspecified atom stereocenters. The molecular formula is C11H19N3O2S. The summed E-state index contributed by atoms with van der Waals surface area (Å²) in [4.78, 5) is 15.6. The van der Waals surface area contributed by atoms with Crippen molar-refractivity contribution in [2.75, 3.05) is 12.3 Å². The number of carbonyl (C=O) groups is 1. The maximum atomic E-state index is 11.4. The van der Waals surface area contributed by atoms with Gasteiger partial charge in [-0.3, -0.25) is 4.79 Å². The Labute approximate surface area is 106 Å². The summed E-state index contributed by atoms with van der Waals surface area (Å²) in [5, 5.41) is 3.72. The van der Waals surface area contributed by atoms with Gasteiger partial charge in [0.25, 0.3) is 5.22 Å². The van der Waals surface area contributed by atoms with E-state index in [4.69, 9.17) is 10.2 Å². The summed E-state index contributed by atoms with van der Waals surface area (Å²) in [6.45, 7) is 6.45. The van der Waals surface area contributed by atoms with Gasteiger partial charge in [0.1, 0.15) is 11.8 Å². The van der Waals surface area contributed by atoms with Gasteiger partial charge in [-0.25, -0.2) is 4.98 Å². The first-order valence-electron chi connectivity index (χ1n) is 5.58. The molecule has 1 atom stereocenters. The van der Waals surface area contributed by atoms with Gasteiger partial charge < -0.3 is 15.5 Å². The quantitative estimate of drug-likeness (QED) is 0.720. The second-order valence-corrected chi connectivity index (χ2v) is 5.09. The Morgan fingerprint density at radius 1 is 1.71 bits per heavy atom. The highest BCUT2D eigenvalue weighted by atomic mass is 32.2. The standard InChI is InChI=1S/C11H19N3O2S/c1-4-5-13-11(3,9(12)15)7-17-10-14-8(2)6-16-10/h6,13H,4-5,7H2,1-3H3,(H2,12,15). The van der Waals surface area contributed by atoms with E-state index in [1.165, 1.54) is 11.8 Å². The van der Waals surface area contributed by atoms with E-state index in [9.17, 15) is 4.79 Å². The molecule has 0 aromatic carbocycles. The van der Waals surface area contributed by atoms with Crippen molar-refractivity contribution >= 4 is 17.7 Å². The molecule has 0 spiro atoms. The third-order valence-electron chi connectivity index (χ3n) is 2.39. The molecule has 1 aromatic rings. The monoisotopic (exact) mass is 257 g/mol. The number of primary amides is 1. The highest BCUT2D eigenvalue weighted by Crippen LogP contribution is 2.21. The molecule has 1 aromatic heterocycles. The average molecular weight is 257 g/mol. The Morgan fingerprint density at radius 3 is 2.88 bits per heavy atom. The first kappa shape index (κ1) is 14.1. The SMILES string of the molecule is CCCNC(C)(CSc1nc(C)co1)C(N)=O. The molecule has 0 radical (unpaired) electrons. The number of aryl methyl sites for hydroxylation is 1. The summed E-state index contributed by atoms with van der Waals surface area (Å²) in [5.74, 6) is 0.143. The molecule has 1 amide bonds. The largest absolute Gasteiger partial charge is 0.440 e. The normalized spacial score (nSPS) is 14.5. The van der Waals surface area contributed by atoms with E-state index in [1.807, 2.05) is 13.8 Å². The zero-order chi connectivity index (χ0) is 12.9. The summed E-state index contributed by atoms with van der Waals surface area (Å²) in [5.41, 5.74) is 5.51. The number of nitrogens with two attached hydrogens (primary N) is 1. The molecule has 17 heavy (non-hydrogen) atoms. The number of hydrogen-bond donors (Lipinski definition) is 2. The van der Waals surface area contributed by atoms with Crippen molar-refractivity contribution in [2.24, 2.45) is 5.73 Å². The lowest BCUT2D eigenvalue weighted by Gasteiger charge is -2.26. The van der Waals surface area contributed by atoms with Gasteiger partial charge in [0.15, 0.2) is 0 Å². The Kier molecular flexibility index (Phi) is 5.02. The second-order valence-electron chi connectivity index (χ2n) is 4.17. The Bertz CT molecular complexity index is 381. The van der Waals surface area contributed by atoms with Crippen LogP contribution in [0.4, 0.5) is 0 Å². The van der Waals surface area contributed by atoms with Gasteiger partial charge >= 0.3 is 0 Å². The van der Waals surface area contributed by atoms with Crippen molar-refractivity contribution in [2.45, 2.75) is 38.0 Å². The average Bonchev–Trinajstić information content (AvgIpc) is 2.69. The minimum Gasteiger partial charge on any atom is -0.440 e. The molecule has 6 heteroatoms. The van der Waals surface area contributed by atoms with Crippen LogP contribution < -0.4 is 11.1 Å². The molecular weight excluding hydrogens is 238 g/mol. The fourth-order valence-corrected chi connectivity index (χ4v) is 2.20. The maximum absolute atomic E-state index is 11.4. The molecule has 0 saturated carbocycles. The summed E-state index contributed by atoms with van der Waals surface area (Å²) < 4.78 is 5.22. The van der Waals surface area contributed by atoms with Gasteiger partial charge in [0.2, 0.25) is 5.91 Å². The zero-order valence-electron chi connectivity index (χ0n) is 10.4. The van der Waals surface area contributed by atoms with Crippen LogP contribution >= 0.6 is 11.8 Å². The van der Waals surface area contributed by atoms with Crippen LogP contribution in [0.15, 0.2) is 15.9 Å². The predicted molar refractivity (Wildman–Crippen MR) is 67.9 cm³/mol. The Hall–Kier alpha value is -1.01. The smallest absolute Gasteiger partial charge is 0.255 e. The fraction of sp³-hybridized carbons (Fsp3) is 0.636. The number of aromatic nitrogens is 1. The Morgan fingerprint density at radius 2 is 2.41 bits per heavy atom. The lowest BCUT2D eigenvalue weighted by Crippen LogP contribution is -2.55. The minimum absolute atomic E-state index is 0.360. The number of nitrogens with one attached hydrogen (secondary N) is 1. The first-order valence-corrected chi connectivity index (χ1v) is 6.56. The Balaban J connectivity index is 2.58. The van der Waals surface area contributed by atoms with Crippen LogP contribution in [0.3, 0.4) is 0 Å². The van der Waals surface area contributed by atoms with Crippen molar-refractivity contribution in [3.05, 3.63) is 12.0 Å². The molecule has 0 aliphatic heterocycles. The van der Waals surface area contributed by atoms with Crippen molar-refractivity contribution in [1.82, 2.24) is 10.3 Å². The topological polar surface area (TPSA) is 81.2 Å². The van der Waals surface area contributed by atoms with Crippen LogP contribution in [0, 0.1) is 6.92 Å². The fourth-order valence-electron chi connectivity index (χ4n) is 1.21. The third-order valence-corrected chi connectivity index (χ3v) is 3.55. The van der Waals surface area contributed by atoms with Crippen LogP contribution in [-0.4, -0.2) is 28.7 Å². The van der Waals surface area contributed by atoms with E-state index in [-0.39, 0.29) is 5.91 Å². The lowest BCUT2D eigenvalue weighted by atomic mass is 10.1. The van der Waals surface area contributed by atoms with Crippen LogP contribution in [-0.2, 0) is 4.79 Å². The summed E-state index contributed by atoms with van der Waals surface area (Å²) >= 11 is 1.39. The number of amides is 1. The van der Waals surface area contributed by atoms with Gasteiger partial charge in [-0.2, -0.15) is 0 Å². The van der Waals surface area contributed by atoms with Gasteiger partial charge in [0, 0.05) is 5.75 Å². The van der Waals surface area contributed by atoms with Gasteiger partial charge in [0.05, 0.1) is 5.69 Å². The summed E-state index contributed by atoms with van der Waals surface area (Å²) in [7, 11) is 0. The van der Waals surface area contributed by atoms with Crippen molar-refractivity contribution in [3.8, 4) is 0 Å². The molecule has 5 nitrogen and oxygen atoms in total. The summed E-state index contributed by atoms with van der Waals surface area (Å²) in [6.07, 6.45) is 2.54. The van der Waals surface area contributed by atoms with E-state index in [1.54, 1.807) is 13.2 Å². The van der Waals surface area contributed by atoms with Crippen LogP contribution in [0.25, 0.3) is 0 Å². The number of carbonyl (C=O) groups excluding carboxylic acids is 1. The van der Waals surface area contributed by atoms with Gasteiger partial charge in [-0.1, -0.05) is 18.7 Å². The first-order chi connectivity index (χ1) is 7.98. The van der Waals surface area contributed by atoms with E-state index in [0.717, 1.165) is 18.7 Å². The molecule has 0 saturated heterocycles. The highest BCUT2D eigenvalue weighted by molar-refractivity contribution is 7.99. The highest BCUT2D eigenvalue weighted by Gasteiger charge is 2.30. The predicted octanol–water partition coefficient (Wildman–Crippen LogP) is 1.32. The van der Waals surface area contributed by atoms with Crippen molar-refractivity contribution in [1.29, 1.82) is 0 Å². The van der Waals surface area contributed by atoms with Gasteiger partial charge in [-0.15, -0.1) is 0 Å². The van der Waals surface area contributed by atoms with Crippen LogP contribution in [0.2, 0.25) is 0 Å². The van der Waals surface area contributed by atoms with Gasteiger partial charge in [-0.05, 0) is 26.8 Å². The molecule has 1 heterocycles. The van der Waals surface area contributed by atoms with Crippen molar-refractivity contribution in [3.63, 3.8) is 0 Å². The number of nitrogens with zero attached hydrogens (tertiary/aromatic N) is 1. The second kappa shape index (κ2) is 6.07. The number of oxazole rings is 1. The molecule has 0 aliphatic rings. The van der Waals surface area contributed by atoms with Crippen molar-refractivity contribution < 1.29 is 9.21 Å². The number of hydrogen-bond acceptors (Lipinski definition) is 5. The van der Waals surface area contributed by atoms with Crippen LogP contribution in [0.5, 0.6) is 0 Å². The maximum Gasteiger partial charge on any atom is 0.255 e. The zero-order valence-corrected chi connectivity index (χ0v) is 11.3. The molecule has 96 valence electrons. The van der Waals surface area contributed by atoms with E-state index < -0.39 is 5.54 Å². The van der Waals surface area contributed by atoms with E-state index in [0.29, 0.717) is 11.0 Å². The van der Waals surface area contributed by atoms with Crippen LogP contribution in [0.1, 0.15) is 26.0 Å². The molecule has 3 N–H and O–H groups in total. The van der Waals surface area contributed by atoms with E-state index in [2.05, 4.69) is 10.3 Å². The van der Waals surface area contributed by atoms with E-state index >= 15 is 0 Å². The number of rotatable bonds is 7. The number of thioether (sulfide) groups is 1.